The first-order chi connectivity index (χ1) is 9.22. The summed E-state index contributed by atoms with van der Waals surface area (Å²) in [4.78, 5) is 14.0. The average Bonchev–Trinajstić information content (AvgIpc) is 2.42. The zero-order valence-corrected chi connectivity index (χ0v) is 12.6. The van der Waals surface area contributed by atoms with E-state index in [1.54, 1.807) is 7.11 Å². The van der Waals surface area contributed by atoms with E-state index in [4.69, 9.17) is 9.47 Å². The summed E-state index contributed by atoms with van der Waals surface area (Å²) in [5, 5.41) is 0. The number of rotatable bonds is 5. The van der Waals surface area contributed by atoms with Crippen molar-refractivity contribution >= 4 is 27.5 Å². The highest BCUT2D eigenvalue weighted by Crippen LogP contribution is 2.29. The van der Waals surface area contributed by atoms with E-state index < -0.39 is 0 Å². The zero-order valence-electron chi connectivity index (χ0n) is 11.0. The average molecular weight is 328 g/mol. The van der Waals surface area contributed by atoms with E-state index in [0.29, 0.717) is 13.2 Å². The van der Waals surface area contributed by atoms with Crippen molar-refractivity contribution in [2.24, 2.45) is 0 Å². The Morgan fingerprint density at radius 3 is 3.05 bits per heavy atom. The Labute approximate surface area is 121 Å². The second kappa shape index (κ2) is 7.03. The van der Waals surface area contributed by atoms with E-state index >= 15 is 0 Å². The molecule has 4 nitrogen and oxygen atoms in total. The molecule has 0 saturated carbocycles. The summed E-state index contributed by atoms with van der Waals surface area (Å²) < 4.78 is 11.2. The molecule has 19 heavy (non-hydrogen) atoms. The molecule has 1 amide bonds. The van der Waals surface area contributed by atoms with Crippen LogP contribution in [-0.2, 0) is 20.7 Å². The summed E-state index contributed by atoms with van der Waals surface area (Å²) in [6.07, 6.45) is 2.01. The summed E-state index contributed by atoms with van der Waals surface area (Å²) in [5.41, 5.74) is 2.22. The third-order valence-corrected chi connectivity index (χ3v) is 3.61. The Kier molecular flexibility index (Phi) is 5.36. The van der Waals surface area contributed by atoms with Gasteiger partial charge in [-0.15, -0.1) is 0 Å². The Morgan fingerprint density at radius 2 is 2.26 bits per heavy atom. The number of methoxy groups -OCH3 is 1. The number of hydrogen-bond acceptors (Lipinski definition) is 3. The second-order valence-corrected chi connectivity index (χ2v) is 5.38. The third kappa shape index (κ3) is 3.78. The van der Waals surface area contributed by atoms with Gasteiger partial charge in [-0.05, 0) is 36.6 Å². The maximum absolute atomic E-state index is 12.2. The van der Waals surface area contributed by atoms with Crippen LogP contribution in [0.3, 0.4) is 0 Å². The number of fused-ring (bicyclic) bond motifs is 1. The monoisotopic (exact) mass is 327 g/mol. The van der Waals surface area contributed by atoms with Gasteiger partial charge in [-0.3, -0.25) is 4.79 Å². The van der Waals surface area contributed by atoms with Crippen LogP contribution in [0, 0.1) is 0 Å². The van der Waals surface area contributed by atoms with Crippen LogP contribution in [0.1, 0.15) is 12.0 Å². The van der Waals surface area contributed by atoms with E-state index in [1.165, 1.54) is 5.56 Å². The van der Waals surface area contributed by atoms with E-state index in [1.807, 2.05) is 17.0 Å². The molecule has 0 bridgehead atoms. The minimum Gasteiger partial charge on any atom is -0.382 e. The quantitative estimate of drug-likeness (QED) is 0.779. The van der Waals surface area contributed by atoms with Crippen molar-refractivity contribution < 1.29 is 14.3 Å². The van der Waals surface area contributed by atoms with Crippen LogP contribution in [0.15, 0.2) is 22.7 Å². The fourth-order valence-corrected chi connectivity index (χ4v) is 2.61. The maximum Gasteiger partial charge on any atom is 0.252 e. The SMILES string of the molecule is COCCOCC(=O)N1CCCc2cc(Br)ccc21. The highest BCUT2D eigenvalue weighted by atomic mass is 79.9. The minimum absolute atomic E-state index is 0.0133. The smallest absolute Gasteiger partial charge is 0.252 e. The Hall–Kier alpha value is -0.910. The first kappa shape index (κ1) is 14.5. The number of anilines is 1. The second-order valence-electron chi connectivity index (χ2n) is 4.47. The van der Waals surface area contributed by atoms with Crippen molar-refractivity contribution in [3.8, 4) is 0 Å². The lowest BCUT2D eigenvalue weighted by atomic mass is 10.0. The molecule has 0 aromatic heterocycles. The number of halogens is 1. The molecule has 1 aromatic carbocycles. The maximum atomic E-state index is 12.2. The van der Waals surface area contributed by atoms with Gasteiger partial charge >= 0.3 is 0 Å². The van der Waals surface area contributed by atoms with Gasteiger partial charge < -0.3 is 14.4 Å². The number of aryl methyl sites for hydroxylation is 1. The first-order valence-electron chi connectivity index (χ1n) is 6.38. The number of hydrogen-bond donors (Lipinski definition) is 0. The summed E-state index contributed by atoms with van der Waals surface area (Å²) in [6, 6.07) is 6.04. The molecule has 2 rings (SSSR count). The molecule has 5 heteroatoms. The highest BCUT2D eigenvalue weighted by Gasteiger charge is 2.22. The van der Waals surface area contributed by atoms with E-state index in [2.05, 4.69) is 22.0 Å². The molecule has 0 atom stereocenters. The number of carbonyl (C=O) groups is 1. The van der Waals surface area contributed by atoms with Gasteiger partial charge in [0, 0.05) is 23.8 Å². The summed E-state index contributed by atoms with van der Waals surface area (Å²) in [5.74, 6) is 0.0133. The first-order valence-corrected chi connectivity index (χ1v) is 7.17. The molecule has 1 aromatic rings. The fraction of sp³-hybridized carbons (Fsp3) is 0.500. The molecular formula is C14H18BrNO3. The van der Waals surface area contributed by atoms with Crippen molar-refractivity contribution in [3.05, 3.63) is 28.2 Å². The van der Waals surface area contributed by atoms with E-state index in [0.717, 1.165) is 29.5 Å². The van der Waals surface area contributed by atoms with Gasteiger partial charge in [-0.25, -0.2) is 0 Å². The van der Waals surface area contributed by atoms with E-state index in [9.17, 15) is 4.79 Å². The topological polar surface area (TPSA) is 38.8 Å². The largest absolute Gasteiger partial charge is 0.382 e. The van der Waals surface area contributed by atoms with Crippen LogP contribution < -0.4 is 4.90 Å². The van der Waals surface area contributed by atoms with E-state index in [-0.39, 0.29) is 12.5 Å². The Balaban J connectivity index is 2.00. The van der Waals surface area contributed by atoms with Gasteiger partial charge in [0.15, 0.2) is 0 Å². The van der Waals surface area contributed by atoms with Crippen molar-refractivity contribution in [2.75, 3.05) is 38.4 Å². The summed E-state index contributed by atoms with van der Waals surface area (Å²) in [7, 11) is 1.62. The molecule has 0 radical (unpaired) electrons. The molecule has 0 saturated heterocycles. The molecule has 1 aliphatic heterocycles. The predicted octanol–water partition coefficient (Wildman–Crippen LogP) is 2.39. The lowest BCUT2D eigenvalue weighted by Crippen LogP contribution is -2.38. The van der Waals surface area contributed by atoms with Crippen LogP contribution in [0.5, 0.6) is 0 Å². The summed E-state index contributed by atoms with van der Waals surface area (Å²) in [6.45, 7) is 1.83. The molecule has 1 aliphatic rings. The van der Waals surface area contributed by atoms with Crippen LogP contribution in [-0.4, -0.2) is 39.4 Å². The minimum atomic E-state index is 0.0133. The normalized spacial score (nSPS) is 14.3. The van der Waals surface area contributed by atoms with Gasteiger partial charge in [0.2, 0.25) is 0 Å². The number of carbonyl (C=O) groups excluding carboxylic acids is 1. The molecule has 104 valence electrons. The third-order valence-electron chi connectivity index (χ3n) is 3.12. The number of amides is 1. The molecule has 1 heterocycles. The molecular weight excluding hydrogens is 310 g/mol. The Morgan fingerprint density at radius 1 is 1.42 bits per heavy atom. The van der Waals surface area contributed by atoms with Gasteiger partial charge in [0.05, 0.1) is 13.2 Å². The predicted molar refractivity (Wildman–Crippen MR) is 77.5 cm³/mol. The number of nitrogens with zero attached hydrogens (tertiary/aromatic N) is 1. The van der Waals surface area contributed by atoms with Crippen LogP contribution in [0.25, 0.3) is 0 Å². The van der Waals surface area contributed by atoms with Crippen LogP contribution >= 0.6 is 15.9 Å². The van der Waals surface area contributed by atoms with Crippen molar-refractivity contribution in [2.45, 2.75) is 12.8 Å². The molecule has 0 N–H and O–H groups in total. The van der Waals surface area contributed by atoms with Crippen molar-refractivity contribution in [1.82, 2.24) is 0 Å². The summed E-state index contributed by atoms with van der Waals surface area (Å²) >= 11 is 3.46. The van der Waals surface area contributed by atoms with Gasteiger partial charge in [0.1, 0.15) is 6.61 Å². The molecule has 0 aliphatic carbocycles. The zero-order chi connectivity index (χ0) is 13.7. The standard InChI is InChI=1S/C14H18BrNO3/c1-18-7-8-19-10-14(17)16-6-2-3-11-9-12(15)4-5-13(11)16/h4-5,9H,2-3,6-8,10H2,1H3. The van der Waals surface area contributed by atoms with Gasteiger partial charge in [-0.2, -0.15) is 0 Å². The number of benzene rings is 1. The highest BCUT2D eigenvalue weighted by molar-refractivity contribution is 9.10. The van der Waals surface area contributed by atoms with Crippen LogP contribution in [0.2, 0.25) is 0 Å². The molecule has 0 fully saturated rings. The Bertz CT molecular complexity index is 450. The lowest BCUT2D eigenvalue weighted by molar-refractivity contribution is -0.123. The lowest BCUT2D eigenvalue weighted by Gasteiger charge is -2.29. The van der Waals surface area contributed by atoms with Gasteiger partial charge in [-0.1, -0.05) is 15.9 Å². The molecule has 0 spiro atoms. The van der Waals surface area contributed by atoms with Gasteiger partial charge in [0.25, 0.3) is 5.91 Å². The molecule has 0 unspecified atom stereocenters. The van der Waals surface area contributed by atoms with Crippen LogP contribution in [0.4, 0.5) is 5.69 Å². The number of ether oxygens (including phenoxy) is 2. The van der Waals surface area contributed by atoms with Crippen molar-refractivity contribution in [1.29, 1.82) is 0 Å². The fourth-order valence-electron chi connectivity index (χ4n) is 2.20. The van der Waals surface area contributed by atoms with Crippen molar-refractivity contribution in [3.63, 3.8) is 0 Å².